The molecule has 1 heterocycles. The van der Waals surface area contributed by atoms with Crippen LogP contribution >= 0.6 is 0 Å². The van der Waals surface area contributed by atoms with Gasteiger partial charge in [0, 0.05) is 18.6 Å². The van der Waals surface area contributed by atoms with Gasteiger partial charge in [-0.3, -0.25) is 14.5 Å². The average Bonchev–Trinajstić information content (AvgIpc) is 3.20. The van der Waals surface area contributed by atoms with E-state index in [2.05, 4.69) is 15.5 Å². The predicted molar refractivity (Wildman–Crippen MR) is 71.5 cm³/mol. The molecule has 19 heavy (non-hydrogen) atoms. The Morgan fingerprint density at radius 3 is 2.84 bits per heavy atom. The van der Waals surface area contributed by atoms with Gasteiger partial charge < -0.3 is 10.6 Å². The van der Waals surface area contributed by atoms with Gasteiger partial charge in [0.2, 0.25) is 11.8 Å². The Labute approximate surface area is 114 Å². The van der Waals surface area contributed by atoms with E-state index in [1.807, 2.05) is 0 Å². The molecular weight excluding hydrogens is 242 g/mol. The molecule has 0 unspecified atom stereocenters. The van der Waals surface area contributed by atoms with Gasteiger partial charge in [-0.2, -0.15) is 0 Å². The summed E-state index contributed by atoms with van der Waals surface area (Å²) in [7, 11) is 0. The van der Waals surface area contributed by atoms with E-state index in [0.717, 1.165) is 19.4 Å². The molecule has 0 bridgehead atoms. The second-order valence-electron chi connectivity index (χ2n) is 6.18. The number of carbonyl (C=O) groups excluding carboxylic acids is 2. The smallest absolute Gasteiger partial charge is 0.234 e. The van der Waals surface area contributed by atoms with Crippen LogP contribution in [0.3, 0.4) is 0 Å². The number of carbonyl (C=O) groups is 2. The summed E-state index contributed by atoms with van der Waals surface area (Å²) in [5.41, 5.74) is 0. The SMILES string of the molecule is O=C(CN1CC(=O)N[C@H]2CCCC[C@H]21)NCC1CC1. The second kappa shape index (κ2) is 5.49. The maximum Gasteiger partial charge on any atom is 0.234 e. The topological polar surface area (TPSA) is 61.4 Å². The summed E-state index contributed by atoms with van der Waals surface area (Å²) in [4.78, 5) is 25.7. The summed E-state index contributed by atoms with van der Waals surface area (Å²) < 4.78 is 0. The van der Waals surface area contributed by atoms with Crippen LogP contribution in [0.4, 0.5) is 0 Å². The third-order valence-corrected chi connectivity index (χ3v) is 4.52. The van der Waals surface area contributed by atoms with E-state index >= 15 is 0 Å². The van der Waals surface area contributed by atoms with Gasteiger partial charge in [-0.25, -0.2) is 0 Å². The third-order valence-electron chi connectivity index (χ3n) is 4.52. The van der Waals surface area contributed by atoms with E-state index in [4.69, 9.17) is 0 Å². The fourth-order valence-corrected chi connectivity index (χ4v) is 3.26. The molecule has 106 valence electrons. The van der Waals surface area contributed by atoms with Gasteiger partial charge in [0.1, 0.15) is 0 Å². The Hall–Kier alpha value is -1.10. The summed E-state index contributed by atoms with van der Waals surface area (Å²) in [6.45, 7) is 1.56. The van der Waals surface area contributed by atoms with Crippen molar-refractivity contribution in [1.29, 1.82) is 0 Å². The molecule has 2 N–H and O–H groups in total. The minimum absolute atomic E-state index is 0.0677. The monoisotopic (exact) mass is 265 g/mol. The molecular formula is C14H23N3O2. The summed E-state index contributed by atoms with van der Waals surface area (Å²) in [6, 6.07) is 0.615. The number of piperazine rings is 1. The molecule has 3 rings (SSSR count). The van der Waals surface area contributed by atoms with Gasteiger partial charge >= 0.3 is 0 Å². The fraction of sp³-hybridized carbons (Fsp3) is 0.857. The van der Waals surface area contributed by atoms with Crippen molar-refractivity contribution in [3.8, 4) is 0 Å². The summed E-state index contributed by atoms with van der Waals surface area (Å²) >= 11 is 0. The Kier molecular flexibility index (Phi) is 3.73. The first-order chi connectivity index (χ1) is 9.22. The molecule has 0 aromatic carbocycles. The van der Waals surface area contributed by atoms with Gasteiger partial charge in [0.25, 0.3) is 0 Å². The predicted octanol–water partition coefficient (Wildman–Crippen LogP) is 0.256. The zero-order chi connectivity index (χ0) is 13.2. The molecule has 1 aliphatic heterocycles. The van der Waals surface area contributed by atoms with Crippen LogP contribution in [0.1, 0.15) is 38.5 Å². The maximum absolute atomic E-state index is 11.9. The minimum atomic E-state index is 0.0677. The number of nitrogens with one attached hydrogen (secondary N) is 2. The number of fused-ring (bicyclic) bond motifs is 1. The highest BCUT2D eigenvalue weighted by Gasteiger charge is 2.37. The van der Waals surface area contributed by atoms with Crippen molar-refractivity contribution in [1.82, 2.24) is 15.5 Å². The lowest BCUT2D eigenvalue weighted by molar-refractivity contribution is -0.131. The lowest BCUT2D eigenvalue weighted by atomic mass is 9.87. The molecule has 5 heteroatoms. The molecule has 3 fully saturated rings. The Bertz CT molecular complexity index is 368. The molecule has 2 aliphatic carbocycles. The first-order valence-electron chi connectivity index (χ1n) is 7.52. The Morgan fingerprint density at radius 1 is 1.26 bits per heavy atom. The molecule has 1 saturated heterocycles. The normalized spacial score (nSPS) is 31.5. The molecule has 2 saturated carbocycles. The van der Waals surface area contributed by atoms with E-state index in [1.54, 1.807) is 0 Å². The van der Waals surface area contributed by atoms with Gasteiger partial charge in [-0.1, -0.05) is 12.8 Å². The van der Waals surface area contributed by atoms with Gasteiger partial charge in [0.15, 0.2) is 0 Å². The van der Waals surface area contributed by atoms with Crippen molar-refractivity contribution in [2.24, 2.45) is 5.92 Å². The Morgan fingerprint density at radius 2 is 2.05 bits per heavy atom. The summed E-state index contributed by atoms with van der Waals surface area (Å²) in [5, 5.41) is 6.06. The van der Waals surface area contributed by atoms with Gasteiger partial charge in [-0.05, 0) is 31.6 Å². The fourth-order valence-electron chi connectivity index (χ4n) is 3.26. The molecule has 0 spiro atoms. The first kappa shape index (κ1) is 12.9. The van der Waals surface area contributed by atoms with Crippen molar-refractivity contribution in [2.75, 3.05) is 19.6 Å². The summed E-state index contributed by atoms with van der Waals surface area (Å²) in [5.74, 6) is 0.847. The molecule has 2 atom stereocenters. The second-order valence-corrected chi connectivity index (χ2v) is 6.18. The van der Waals surface area contributed by atoms with Gasteiger partial charge in [0.05, 0.1) is 13.1 Å². The highest BCUT2D eigenvalue weighted by molar-refractivity contribution is 5.82. The van der Waals surface area contributed by atoms with Crippen molar-refractivity contribution in [3.63, 3.8) is 0 Å². The molecule has 0 radical (unpaired) electrons. The van der Waals surface area contributed by atoms with E-state index in [-0.39, 0.29) is 17.9 Å². The lowest BCUT2D eigenvalue weighted by Crippen LogP contribution is -2.62. The van der Waals surface area contributed by atoms with Gasteiger partial charge in [-0.15, -0.1) is 0 Å². The van der Waals surface area contributed by atoms with Crippen LogP contribution in [0.2, 0.25) is 0 Å². The van der Waals surface area contributed by atoms with Crippen LogP contribution in [-0.2, 0) is 9.59 Å². The van der Waals surface area contributed by atoms with Crippen LogP contribution in [-0.4, -0.2) is 48.4 Å². The number of amides is 2. The number of rotatable bonds is 4. The van der Waals surface area contributed by atoms with Crippen molar-refractivity contribution < 1.29 is 9.59 Å². The molecule has 0 aromatic heterocycles. The number of hydrogen-bond acceptors (Lipinski definition) is 3. The minimum Gasteiger partial charge on any atom is -0.355 e. The van der Waals surface area contributed by atoms with E-state index < -0.39 is 0 Å². The largest absolute Gasteiger partial charge is 0.355 e. The van der Waals surface area contributed by atoms with Crippen LogP contribution in [0, 0.1) is 5.92 Å². The highest BCUT2D eigenvalue weighted by Crippen LogP contribution is 2.28. The molecule has 3 aliphatic rings. The van der Waals surface area contributed by atoms with Crippen LogP contribution in [0.5, 0.6) is 0 Å². The summed E-state index contributed by atoms with van der Waals surface area (Å²) in [6.07, 6.45) is 7.03. The Balaban J connectivity index is 1.54. The van der Waals surface area contributed by atoms with Crippen molar-refractivity contribution in [3.05, 3.63) is 0 Å². The standard InChI is InChI=1S/C14H23N3O2/c18-13(15-7-10-5-6-10)8-17-9-14(19)16-11-3-1-2-4-12(11)17/h10-12H,1-9H2,(H,15,18)(H,16,19)/t11-,12+/m0/s1. The van der Waals surface area contributed by atoms with E-state index in [9.17, 15) is 9.59 Å². The zero-order valence-electron chi connectivity index (χ0n) is 11.4. The van der Waals surface area contributed by atoms with Crippen molar-refractivity contribution >= 4 is 11.8 Å². The van der Waals surface area contributed by atoms with Crippen LogP contribution < -0.4 is 10.6 Å². The molecule has 5 nitrogen and oxygen atoms in total. The molecule has 0 aromatic rings. The third kappa shape index (κ3) is 3.26. The highest BCUT2D eigenvalue weighted by atomic mass is 16.2. The van der Waals surface area contributed by atoms with Crippen LogP contribution in [0.25, 0.3) is 0 Å². The lowest BCUT2D eigenvalue weighted by Gasteiger charge is -2.43. The maximum atomic E-state index is 11.9. The van der Waals surface area contributed by atoms with Crippen molar-refractivity contribution in [2.45, 2.75) is 50.6 Å². The quantitative estimate of drug-likeness (QED) is 0.766. The van der Waals surface area contributed by atoms with E-state index in [1.165, 1.54) is 25.7 Å². The van der Waals surface area contributed by atoms with E-state index in [0.29, 0.717) is 25.0 Å². The average molecular weight is 265 g/mol. The number of hydrogen-bond donors (Lipinski definition) is 2. The first-order valence-corrected chi connectivity index (χ1v) is 7.52. The number of nitrogens with zero attached hydrogens (tertiary/aromatic N) is 1. The molecule has 2 amide bonds. The zero-order valence-corrected chi connectivity index (χ0v) is 11.4. The van der Waals surface area contributed by atoms with Crippen LogP contribution in [0.15, 0.2) is 0 Å².